The van der Waals surface area contributed by atoms with E-state index in [2.05, 4.69) is 27.7 Å². The molecule has 4 aliphatic carbocycles. The molecule has 0 bridgehead atoms. The van der Waals surface area contributed by atoms with Crippen LogP contribution >= 0.6 is 0 Å². The van der Waals surface area contributed by atoms with Crippen molar-refractivity contribution in [1.82, 2.24) is 4.90 Å². The van der Waals surface area contributed by atoms with Gasteiger partial charge in [0.05, 0.1) is 32.0 Å². The SMILES string of the molecule is CC[C@@H]1C2C[C@H](O)CC[C@]2(C)[C@H]2CC[C@]3(C)[C@@H]([C@H](C)CCOC(=O)N(CCO)CCO)CC[C@H]3C2[C@@H]1O. The number of hydrogen-bond donors (Lipinski definition) is 4. The quantitative estimate of drug-likeness (QED) is 0.363. The standard InChI is InChI=1S/C30H53NO6/c1-5-21-25-18-20(34)8-11-30(25,4)24-9-12-29(3)22(6-7-23(29)26(24)27(21)35)19(2)10-17-37-28(36)31(13-15-32)14-16-33/h19-27,32-35H,5-18H2,1-4H3/t19-,20-,21-,22-,23+,24+,25?,26?,27-,29-,30-/m1/s1. The summed E-state index contributed by atoms with van der Waals surface area (Å²) < 4.78 is 5.53. The van der Waals surface area contributed by atoms with Crippen LogP contribution in [0.2, 0.25) is 0 Å². The lowest BCUT2D eigenvalue weighted by atomic mass is 9.41. The molecule has 4 fully saturated rings. The van der Waals surface area contributed by atoms with E-state index in [9.17, 15) is 25.2 Å². The molecule has 0 aromatic heterocycles. The molecule has 0 radical (unpaired) electrons. The number of aliphatic hydroxyl groups is 4. The first-order valence-electron chi connectivity index (χ1n) is 15.1. The summed E-state index contributed by atoms with van der Waals surface area (Å²) in [7, 11) is 0. The van der Waals surface area contributed by atoms with Gasteiger partial charge in [0, 0.05) is 13.1 Å². The second-order valence-electron chi connectivity index (χ2n) is 13.4. The summed E-state index contributed by atoms with van der Waals surface area (Å²) >= 11 is 0. The highest BCUT2D eigenvalue weighted by Gasteiger charge is 2.64. The Morgan fingerprint density at radius 2 is 1.62 bits per heavy atom. The summed E-state index contributed by atoms with van der Waals surface area (Å²) in [6.45, 7) is 9.85. The maximum atomic E-state index is 12.4. The predicted molar refractivity (Wildman–Crippen MR) is 143 cm³/mol. The number of aliphatic hydroxyl groups excluding tert-OH is 4. The topological polar surface area (TPSA) is 110 Å². The van der Waals surface area contributed by atoms with Crippen LogP contribution in [-0.2, 0) is 4.74 Å². The fourth-order valence-corrected chi connectivity index (χ4v) is 10.1. The van der Waals surface area contributed by atoms with Crippen LogP contribution in [-0.4, -0.2) is 76.5 Å². The first kappa shape index (κ1) is 29.1. The summed E-state index contributed by atoms with van der Waals surface area (Å²) in [4.78, 5) is 13.7. The van der Waals surface area contributed by atoms with E-state index in [1.807, 2.05) is 0 Å². The molecule has 0 heterocycles. The fourth-order valence-electron chi connectivity index (χ4n) is 10.1. The summed E-state index contributed by atoms with van der Waals surface area (Å²) in [5.41, 5.74) is 0.416. The molecule has 4 aliphatic rings. The lowest BCUT2D eigenvalue weighted by Gasteiger charge is -2.64. The van der Waals surface area contributed by atoms with E-state index in [1.54, 1.807) is 0 Å². The van der Waals surface area contributed by atoms with E-state index in [0.29, 0.717) is 42.1 Å². The zero-order chi connectivity index (χ0) is 27.0. The van der Waals surface area contributed by atoms with Crippen molar-refractivity contribution in [2.45, 2.75) is 97.7 Å². The fraction of sp³-hybridized carbons (Fsp3) is 0.967. The highest BCUT2D eigenvalue weighted by atomic mass is 16.6. The van der Waals surface area contributed by atoms with E-state index in [4.69, 9.17) is 4.74 Å². The maximum Gasteiger partial charge on any atom is 0.409 e. The van der Waals surface area contributed by atoms with Crippen molar-refractivity contribution in [1.29, 1.82) is 0 Å². The van der Waals surface area contributed by atoms with Crippen molar-refractivity contribution in [3.63, 3.8) is 0 Å². The monoisotopic (exact) mass is 523 g/mol. The van der Waals surface area contributed by atoms with Crippen molar-refractivity contribution in [3.8, 4) is 0 Å². The van der Waals surface area contributed by atoms with Gasteiger partial charge >= 0.3 is 6.09 Å². The van der Waals surface area contributed by atoms with Gasteiger partial charge in [0.1, 0.15) is 0 Å². The number of fused-ring (bicyclic) bond motifs is 5. The third-order valence-electron chi connectivity index (χ3n) is 11.9. The van der Waals surface area contributed by atoms with Gasteiger partial charge in [-0.25, -0.2) is 4.79 Å². The van der Waals surface area contributed by atoms with Crippen LogP contribution in [0.25, 0.3) is 0 Å². The highest BCUT2D eigenvalue weighted by Crippen LogP contribution is 2.69. The van der Waals surface area contributed by atoms with Gasteiger partial charge in [-0.05, 0) is 104 Å². The highest BCUT2D eigenvalue weighted by molar-refractivity contribution is 5.67. The van der Waals surface area contributed by atoms with E-state index >= 15 is 0 Å². The number of nitrogens with zero attached hydrogens (tertiary/aromatic N) is 1. The van der Waals surface area contributed by atoms with Crippen LogP contribution in [0.15, 0.2) is 0 Å². The number of rotatable bonds is 9. The molecule has 0 aromatic carbocycles. The Hall–Kier alpha value is -0.890. The minimum atomic E-state index is -0.470. The molecule has 2 unspecified atom stereocenters. The van der Waals surface area contributed by atoms with E-state index in [-0.39, 0.29) is 55.3 Å². The van der Waals surface area contributed by atoms with Gasteiger partial charge in [-0.1, -0.05) is 34.1 Å². The van der Waals surface area contributed by atoms with Crippen LogP contribution < -0.4 is 0 Å². The molecule has 7 nitrogen and oxygen atoms in total. The molecular weight excluding hydrogens is 470 g/mol. The van der Waals surface area contributed by atoms with Crippen LogP contribution in [0, 0.1) is 52.3 Å². The first-order valence-corrected chi connectivity index (χ1v) is 15.1. The van der Waals surface area contributed by atoms with Crippen LogP contribution in [0.3, 0.4) is 0 Å². The van der Waals surface area contributed by atoms with Crippen molar-refractivity contribution in [3.05, 3.63) is 0 Å². The van der Waals surface area contributed by atoms with Crippen LogP contribution in [0.4, 0.5) is 4.79 Å². The van der Waals surface area contributed by atoms with Crippen molar-refractivity contribution in [2.75, 3.05) is 32.9 Å². The number of amides is 1. The Kier molecular flexibility index (Phi) is 9.20. The molecule has 37 heavy (non-hydrogen) atoms. The molecule has 214 valence electrons. The maximum absolute atomic E-state index is 12.4. The molecule has 0 spiro atoms. The second kappa shape index (κ2) is 11.7. The zero-order valence-corrected chi connectivity index (χ0v) is 23.6. The predicted octanol–water partition coefficient (Wildman–Crippen LogP) is 4.06. The zero-order valence-electron chi connectivity index (χ0n) is 23.6. The smallest absolute Gasteiger partial charge is 0.409 e. The summed E-state index contributed by atoms with van der Waals surface area (Å²) in [6.07, 6.45) is 8.37. The molecule has 7 heteroatoms. The Balaban J connectivity index is 1.43. The summed E-state index contributed by atoms with van der Waals surface area (Å²) in [6, 6.07) is 0. The molecule has 0 aliphatic heterocycles. The first-order chi connectivity index (χ1) is 17.6. The van der Waals surface area contributed by atoms with Crippen molar-refractivity contribution < 1.29 is 30.0 Å². The van der Waals surface area contributed by atoms with Gasteiger partial charge in [0.2, 0.25) is 0 Å². The Bertz CT molecular complexity index is 773. The molecule has 4 saturated carbocycles. The van der Waals surface area contributed by atoms with Gasteiger partial charge in [0.25, 0.3) is 0 Å². The lowest BCUT2D eigenvalue weighted by molar-refractivity contribution is -0.203. The Labute approximate surface area is 224 Å². The summed E-state index contributed by atoms with van der Waals surface area (Å²) in [5, 5.41) is 40.7. The largest absolute Gasteiger partial charge is 0.449 e. The van der Waals surface area contributed by atoms with Crippen molar-refractivity contribution >= 4 is 6.09 Å². The van der Waals surface area contributed by atoms with Gasteiger partial charge in [0.15, 0.2) is 0 Å². The molecule has 0 saturated heterocycles. The third-order valence-corrected chi connectivity index (χ3v) is 11.9. The molecule has 1 amide bonds. The summed E-state index contributed by atoms with van der Waals surface area (Å²) in [5.74, 6) is 3.08. The van der Waals surface area contributed by atoms with E-state index in [1.165, 1.54) is 30.6 Å². The minimum absolute atomic E-state index is 0.152. The van der Waals surface area contributed by atoms with Gasteiger partial charge in [-0.15, -0.1) is 0 Å². The molecule has 11 atom stereocenters. The number of hydrogen-bond acceptors (Lipinski definition) is 6. The molecule has 4 rings (SSSR count). The van der Waals surface area contributed by atoms with Crippen molar-refractivity contribution in [2.24, 2.45) is 52.3 Å². The molecule has 0 aromatic rings. The van der Waals surface area contributed by atoms with E-state index in [0.717, 1.165) is 32.1 Å². The molecular formula is C30H53NO6. The Morgan fingerprint density at radius 1 is 0.973 bits per heavy atom. The van der Waals surface area contributed by atoms with Gasteiger partial charge in [-0.2, -0.15) is 0 Å². The van der Waals surface area contributed by atoms with Crippen LogP contribution in [0.5, 0.6) is 0 Å². The number of carbonyl (C=O) groups is 1. The Morgan fingerprint density at radius 3 is 2.27 bits per heavy atom. The number of carbonyl (C=O) groups excluding carboxylic acids is 1. The van der Waals surface area contributed by atoms with E-state index < -0.39 is 6.09 Å². The second-order valence-corrected chi connectivity index (χ2v) is 13.4. The third kappa shape index (κ3) is 5.19. The van der Waals surface area contributed by atoms with Gasteiger partial charge in [-0.3, -0.25) is 0 Å². The van der Waals surface area contributed by atoms with Crippen LogP contribution in [0.1, 0.15) is 85.5 Å². The average molecular weight is 524 g/mol. The number of ether oxygens (including phenoxy) is 1. The lowest BCUT2D eigenvalue weighted by Crippen LogP contribution is -2.62. The van der Waals surface area contributed by atoms with Gasteiger partial charge < -0.3 is 30.1 Å². The minimum Gasteiger partial charge on any atom is -0.449 e. The molecule has 4 N–H and O–H groups in total. The average Bonchev–Trinajstić information content (AvgIpc) is 3.22. The normalized spacial score (nSPS) is 43.9.